The van der Waals surface area contributed by atoms with Gasteiger partial charge in [0.1, 0.15) is 36.0 Å². The van der Waals surface area contributed by atoms with Gasteiger partial charge >= 0.3 is 5.97 Å². The fraction of sp³-hybridized carbons (Fsp3) is 0.756. The fourth-order valence-electron chi connectivity index (χ4n) is 6.67. The van der Waals surface area contributed by atoms with Gasteiger partial charge in [0.05, 0.1) is 13.2 Å². The maximum atomic E-state index is 13.6. The quantitative estimate of drug-likeness (QED) is 0.0174. The molecule has 0 spiro atoms. The Bertz CT molecular complexity index is 1330. The first-order valence-electron chi connectivity index (χ1n) is 21.0. The lowest BCUT2D eigenvalue weighted by Gasteiger charge is -2.48. The molecule has 3 heterocycles. The van der Waals surface area contributed by atoms with Gasteiger partial charge in [-0.1, -0.05) is 135 Å². The molecular formula is C41H67N5O8S2. The molecule has 0 aliphatic carbocycles. The van der Waals surface area contributed by atoms with E-state index in [1.54, 1.807) is 11.5 Å². The molecule has 1 aromatic heterocycles. The third-order valence-corrected chi connectivity index (χ3v) is 11.8. The van der Waals surface area contributed by atoms with E-state index < -0.39 is 35.3 Å². The number of thiazole rings is 1. The number of nitrogens with one attached hydrogen (secondary N) is 2. The number of anilines is 1. The first-order chi connectivity index (χ1) is 27.4. The van der Waals surface area contributed by atoms with Crippen LogP contribution in [0.5, 0.6) is 0 Å². The minimum atomic E-state index is -0.901. The predicted octanol–water partition coefficient (Wildman–Crippen LogP) is 8.13. The van der Waals surface area contributed by atoms with Crippen LogP contribution in [-0.2, 0) is 38.2 Å². The number of thioether (sulfide) groups is 1. The third-order valence-electron chi connectivity index (χ3n) is 9.83. The summed E-state index contributed by atoms with van der Waals surface area (Å²) < 4.78 is 17.9. The lowest BCUT2D eigenvalue weighted by molar-refractivity contribution is -0.159. The molecule has 56 heavy (non-hydrogen) atoms. The normalized spacial score (nSPS) is 16.6. The van der Waals surface area contributed by atoms with Gasteiger partial charge in [0.2, 0.25) is 6.41 Å². The molecule has 1 unspecified atom stereocenters. The van der Waals surface area contributed by atoms with Crippen LogP contribution in [0, 0.1) is 0 Å². The van der Waals surface area contributed by atoms with Gasteiger partial charge in [0, 0.05) is 24.3 Å². The van der Waals surface area contributed by atoms with Crippen molar-refractivity contribution >= 4 is 58.1 Å². The van der Waals surface area contributed by atoms with Crippen molar-refractivity contribution in [1.29, 1.82) is 0 Å². The Hall–Kier alpha value is -3.01. The number of amides is 3. The number of oxime groups is 1. The van der Waals surface area contributed by atoms with Crippen LogP contribution in [0.2, 0.25) is 0 Å². The van der Waals surface area contributed by atoms with E-state index in [0.717, 1.165) is 37.0 Å². The number of unbranched alkanes of at least 4 members (excludes halogenated alkanes) is 18. The molecular weight excluding hydrogens is 755 g/mol. The van der Waals surface area contributed by atoms with Crippen molar-refractivity contribution in [2.45, 2.75) is 160 Å². The monoisotopic (exact) mass is 821 g/mol. The number of carbonyl (C=O) groups is 4. The average Bonchev–Trinajstić information content (AvgIpc) is 3.67. The summed E-state index contributed by atoms with van der Waals surface area (Å²) in [6.45, 7) is 6.07. The zero-order valence-electron chi connectivity index (χ0n) is 34.1. The number of carbonyl (C=O) groups excluding carboxylic acids is 4. The molecule has 2 aliphatic rings. The van der Waals surface area contributed by atoms with Crippen molar-refractivity contribution < 1.29 is 38.2 Å². The van der Waals surface area contributed by atoms with Crippen LogP contribution in [0.25, 0.3) is 0 Å². The van der Waals surface area contributed by atoms with E-state index in [0.29, 0.717) is 25.4 Å². The summed E-state index contributed by atoms with van der Waals surface area (Å²) in [6.07, 6.45) is 26.3. The van der Waals surface area contributed by atoms with Crippen molar-refractivity contribution in [2.24, 2.45) is 5.16 Å². The second kappa shape index (κ2) is 29.2. The highest BCUT2D eigenvalue weighted by molar-refractivity contribution is 8.00. The van der Waals surface area contributed by atoms with Gasteiger partial charge in [0.25, 0.3) is 11.8 Å². The number of nitrogens with zero attached hydrogens (tertiary/aromatic N) is 3. The van der Waals surface area contributed by atoms with Gasteiger partial charge in [-0.05, 0) is 18.9 Å². The number of fused-ring (bicyclic) bond motifs is 1. The second-order valence-corrected chi connectivity index (χ2v) is 16.4. The maximum absolute atomic E-state index is 13.6. The molecule has 2 N–H and O–H groups in total. The molecule has 0 saturated carbocycles. The number of esters is 1. The predicted molar refractivity (Wildman–Crippen MR) is 224 cm³/mol. The Morgan fingerprint density at radius 2 is 1.41 bits per heavy atom. The largest absolute Gasteiger partial charge is 0.453 e. The number of rotatable bonds is 34. The van der Waals surface area contributed by atoms with Crippen LogP contribution in [0.4, 0.5) is 5.13 Å². The van der Waals surface area contributed by atoms with Crippen molar-refractivity contribution in [3.8, 4) is 0 Å². The van der Waals surface area contributed by atoms with E-state index in [1.165, 1.54) is 127 Å². The van der Waals surface area contributed by atoms with Crippen LogP contribution < -0.4 is 10.6 Å². The SMILES string of the molecule is CCCCCCCCCCCCOCC(COCCCCCCCCCCCC)OC(=O)C1=CCS[C@@H]2C(NC(=O)/C(=N\OC)c3csc(NC=O)n3)C(=O)N12. The molecule has 2 atom stereocenters. The van der Waals surface area contributed by atoms with Gasteiger partial charge in [-0.3, -0.25) is 19.3 Å². The van der Waals surface area contributed by atoms with Gasteiger partial charge in [-0.15, -0.1) is 23.1 Å². The zero-order valence-corrected chi connectivity index (χ0v) is 35.7. The summed E-state index contributed by atoms with van der Waals surface area (Å²) in [7, 11) is 1.29. The van der Waals surface area contributed by atoms with E-state index in [4.69, 9.17) is 19.0 Å². The van der Waals surface area contributed by atoms with Gasteiger partial charge in [-0.25, -0.2) is 9.78 Å². The highest BCUT2D eigenvalue weighted by atomic mass is 32.2. The summed E-state index contributed by atoms with van der Waals surface area (Å²) in [5.74, 6) is -1.29. The second-order valence-electron chi connectivity index (χ2n) is 14.4. The molecule has 3 rings (SSSR count). The Labute approximate surface area is 342 Å². The average molecular weight is 822 g/mol. The van der Waals surface area contributed by atoms with Crippen LogP contribution in [-0.4, -0.2) is 96.6 Å². The van der Waals surface area contributed by atoms with Crippen LogP contribution in [0.1, 0.15) is 148 Å². The molecule has 1 fully saturated rings. The molecule has 13 nitrogen and oxygen atoms in total. The lowest BCUT2D eigenvalue weighted by Crippen LogP contribution is -2.70. The highest BCUT2D eigenvalue weighted by Crippen LogP contribution is 2.38. The zero-order chi connectivity index (χ0) is 40.2. The molecule has 1 saturated heterocycles. The highest BCUT2D eigenvalue weighted by Gasteiger charge is 2.53. The first kappa shape index (κ1) is 47.4. The smallest absolute Gasteiger partial charge is 0.355 e. The van der Waals surface area contributed by atoms with Crippen LogP contribution in [0.3, 0.4) is 0 Å². The fourth-order valence-corrected chi connectivity index (χ4v) is 8.52. The van der Waals surface area contributed by atoms with Gasteiger partial charge < -0.3 is 29.7 Å². The Morgan fingerprint density at radius 1 is 0.875 bits per heavy atom. The summed E-state index contributed by atoms with van der Waals surface area (Å²) in [4.78, 5) is 61.4. The topological polar surface area (TPSA) is 158 Å². The molecule has 3 amide bonds. The number of hydrogen-bond acceptors (Lipinski definition) is 12. The first-order valence-corrected chi connectivity index (χ1v) is 23.0. The number of aromatic nitrogens is 1. The summed E-state index contributed by atoms with van der Waals surface area (Å²) in [5.41, 5.74) is 0.177. The Morgan fingerprint density at radius 3 is 1.93 bits per heavy atom. The van der Waals surface area contributed by atoms with Crippen molar-refractivity contribution in [3.05, 3.63) is 22.8 Å². The standard InChI is InChI=1S/C41H67N5O8S2/c1-4-6-8-10-12-14-16-18-20-22-25-52-28-32(29-53-26-23-21-19-17-15-13-11-9-7-5-2)54-40(50)34-24-27-55-39-36(38(49)46(34)39)44-37(48)35(45-51-3)33-30-56-41(43-33)42-31-47/h24,30-32,36,39H,4-23,25-29H2,1-3H3,(H,44,48)(H,42,43,47)/b45-35-/t36?,39-/m1/s1. The molecule has 1 aromatic rings. The Balaban J connectivity index is 1.47. The van der Waals surface area contributed by atoms with Gasteiger partial charge in [0.15, 0.2) is 10.8 Å². The van der Waals surface area contributed by atoms with Gasteiger partial charge in [-0.2, -0.15) is 0 Å². The molecule has 0 aromatic carbocycles. The van der Waals surface area contributed by atoms with Crippen molar-refractivity contribution in [2.75, 3.05) is 44.6 Å². The Kier molecular flexibility index (Phi) is 24.7. The van der Waals surface area contributed by atoms with E-state index in [-0.39, 0.29) is 35.4 Å². The minimum Gasteiger partial charge on any atom is -0.453 e. The summed E-state index contributed by atoms with van der Waals surface area (Å²) in [6, 6.07) is -0.901. The third kappa shape index (κ3) is 17.2. The number of ether oxygens (including phenoxy) is 3. The van der Waals surface area contributed by atoms with Crippen molar-refractivity contribution in [3.63, 3.8) is 0 Å². The molecule has 316 valence electrons. The minimum absolute atomic E-state index is 0.147. The molecule has 0 bridgehead atoms. The maximum Gasteiger partial charge on any atom is 0.355 e. The van der Waals surface area contributed by atoms with Crippen molar-refractivity contribution in [1.82, 2.24) is 15.2 Å². The molecule has 0 radical (unpaired) electrons. The summed E-state index contributed by atoms with van der Waals surface area (Å²) >= 11 is 2.53. The van der Waals surface area contributed by atoms with E-state index in [9.17, 15) is 19.2 Å². The van der Waals surface area contributed by atoms with E-state index in [1.807, 2.05) is 0 Å². The number of hydrogen-bond donors (Lipinski definition) is 2. The van der Waals surface area contributed by atoms with E-state index in [2.05, 4.69) is 34.6 Å². The summed E-state index contributed by atoms with van der Waals surface area (Å²) in [5, 5.41) is 10.3. The number of β-lactam (4-membered cyclic amide) rings is 1. The molecule has 15 heteroatoms. The van der Waals surface area contributed by atoms with Crippen LogP contribution >= 0.6 is 23.1 Å². The molecule has 2 aliphatic heterocycles. The lowest BCUT2D eigenvalue weighted by atomic mass is 10.0. The van der Waals surface area contributed by atoms with Crippen LogP contribution in [0.15, 0.2) is 22.3 Å². The van der Waals surface area contributed by atoms with E-state index >= 15 is 0 Å².